The summed E-state index contributed by atoms with van der Waals surface area (Å²) in [6, 6.07) is 15.8. The van der Waals surface area contributed by atoms with Gasteiger partial charge in [-0.2, -0.15) is 0 Å². The van der Waals surface area contributed by atoms with Crippen LogP contribution >= 0.6 is 0 Å². The van der Waals surface area contributed by atoms with Gasteiger partial charge in [0, 0.05) is 18.7 Å². The molecule has 2 aliphatic rings. The number of hydrogen-bond donors (Lipinski definition) is 1. The fraction of sp³-hybridized carbons (Fsp3) is 0.400. The summed E-state index contributed by atoms with van der Waals surface area (Å²) in [6.07, 6.45) is 3.94. The molecule has 2 atom stereocenters. The molecule has 162 valence electrons. The van der Waals surface area contributed by atoms with Gasteiger partial charge in [-0.1, -0.05) is 43.3 Å². The molecular formula is C25H28N2O4. The van der Waals surface area contributed by atoms with Crippen molar-refractivity contribution in [2.24, 2.45) is 5.92 Å². The molecule has 1 heterocycles. The summed E-state index contributed by atoms with van der Waals surface area (Å²) in [5.74, 6) is -1.47. The lowest BCUT2D eigenvalue weighted by molar-refractivity contribution is -0.152. The molecule has 1 saturated heterocycles. The van der Waals surface area contributed by atoms with Gasteiger partial charge in [-0.3, -0.25) is 14.4 Å². The van der Waals surface area contributed by atoms with Crippen LogP contribution in [-0.2, 0) is 32.0 Å². The quantitative estimate of drug-likeness (QED) is 0.728. The van der Waals surface area contributed by atoms with E-state index in [0.29, 0.717) is 0 Å². The number of hydrogen-bond acceptors (Lipinski definition) is 4. The number of ether oxygens (including phenoxy) is 1. The van der Waals surface area contributed by atoms with E-state index in [1.165, 1.54) is 11.1 Å². The summed E-state index contributed by atoms with van der Waals surface area (Å²) >= 11 is 0. The predicted molar refractivity (Wildman–Crippen MR) is 118 cm³/mol. The van der Waals surface area contributed by atoms with Gasteiger partial charge in [0.1, 0.15) is 0 Å². The van der Waals surface area contributed by atoms with Crippen molar-refractivity contribution in [2.45, 2.75) is 45.1 Å². The highest BCUT2D eigenvalue weighted by molar-refractivity contribution is 5.99. The number of aryl methyl sites for hydroxylation is 2. The molecule has 2 aromatic carbocycles. The molecule has 1 N–H and O–H groups in total. The number of nitrogens with one attached hydrogen (secondary N) is 1. The van der Waals surface area contributed by atoms with E-state index in [0.717, 1.165) is 36.9 Å². The average molecular weight is 421 g/mol. The minimum Gasteiger partial charge on any atom is -0.455 e. The highest BCUT2D eigenvalue weighted by Crippen LogP contribution is 2.29. The molecule has 31 heavy (non-hydrogen) atoms. The molecule has 1 aliphatic heterocycles. The number of nitrogens with zero attached hydrogens (tertiary/aromatic N) is 1. The second-order valence-electron chi connectivity index (χ2n) is 8.24. The van der Waals surface area contributed by atoms with Crippen molar-refractivity contribution in [3.8, 4) is 0 Å². The van der Waals surface area contributed by atoms with Crippen molar-refractivity contribution in [1.29, 1.82) is 0 Å². The minimum atomic E-state index is -0.554. The normalized spacial score (nSPS) is 20.3. The molecule has 6 nitrogen and oxygen atoms in total. The van der Waals surface area contributed by atoms with E-state index in [1.54, 1.807) is 4.90 Å². The number of carbonyl (C=O) groups excluding carboxylic acids is 3. The summed E-state index contributed by atoms with van der Waals surface area (Å²) in [5, 5.41) is 2.98. The van der Waals surface area contributed by atoms with Crippen LogP contribution in [0.25, 0.3) is 0 Å². The number of carbonyl (C=O) groups is 3. The summed E-state index contributed by atoms with van der Waals surface area (Å²) in [6.45, 7) is 2.03. The van der Waals surface area contributed by atoms with Crippen LogP contribution in [0.15, 0.2) is 48.5 Å². The van der Waals surface area contributed by atoms with Gasteiger partial charge in [0.05, 0.1) is 12.0 Å². The molecule has 1 aliphatic carbocycles. The lowest BCUT2D eigenvalue weighted by Crippen LogP contribution is -2.35. The molecule has 1 fully saturated rings. The molecule has 0 spiro atoms. The smallest absolute Gasteiger partial charge is 0.311 e. The van der Waals surface area contributed by atoms with Crippen molar-refractivity contribution >= 4 is 23.5 Å². The minimum absolute atomic E-state index is 0.0502. The Morgan fingerprint density at radius 1 is 1.13 bits per heavy atom. The van der Waals surface area contributed by atoms with Crippen LogP contribution in [0.2, 0.25) is 0 Å². The lowest BCUT2D eigenvalue weighted by atomic mass is 9.88. The molecular weight excluding hydrogens is 392 g/mol. The van der Waals surface area contributed by atoms with Gasteiger partial charge in [0.2, 0.25) is 5.91 Å². The first-order chi connectivity index (χ1) is 15.0. The second-order valence-corrected chi connectivity index (χ2v) is 8.24. The maximum absolute atomic E-state index is 12.5. The Morgan fingerprint density at radius 2 is 1.90 bits per heavy atom. The van der Waals surface area contributed by atoms with Crippen molar-refractivity contribution in [2.75, 3.05) is 18.1 Å². The summed E-state index contributed by atoms with van der Waals surface area (Å²) in [7, 11) is 0. The molecule has 4 rings (SSSR count). The van der Waals surface area contributed by atoms with E-state index in [4.69, 9.17) is 4.74 Å². The Labute approximate surface area is 182 Å². The van der Waals surface area contributed by atoms with E-state index < -0.39 is 11.9 Å². The Morgan fingerprint density at radius 3 is 2.68 bits per heavy atom. The molecule has 0 saturated carbocycles. The lowest BCUT2D eigenvalue weighted by Gasteiger charge is -2.26. The van der Waals surface area contributed by atoms with E-state index >= 15 is 0 Å². The first-order valence-electron chi connectivity index (χ1n) is 11.0. The zero-order valence-electron chi connectivity index (χ0n) is 17.8. The van der Waals surface area contributed by atoms with Crippen LogP contribution in [0.4, 0.5) is 5.69 Å². The van der Waals surface area contributed by atoms with Crippen molar-refractivity contribution in [3.05, 3.63) is 65.2 Å². The van der Waals surface area contributed by atoms with E-state index in [-0.39, 0.29) is 37.4 Å². The van der Waals surface area contributed by atoms with Gasteiger partial charge in [0.25, 0.3) is 5.91 Å². The Kier molecular flexibility index (Phi) is 6.35. The zero-order chi connectivity index (χ0) is 21.8. The van der Waals surface area contributed by atoms with Gasteiger partial charge in [-0.15, -0.1) is 0 Å². The average Bonchev–Trinajstić information content (AvgIpc) is 3.19. The highest BCUT2D eigenvalue weighted by Gasteiger charge is 2.36. The summed E-state index contributed by atoms with van der Waals surface area (Å²) in [5.41, 5.74) is 4.37. The SMILES string of the molecule is CCc1ccc(N2C[C@@H](C(=O)OCC(=O)N[C@H]3CCCc4ccccc43)CC2=O)cc1. The fourth-order valence-electron chi connectivity index (χ4n) is 4.42. The number of benzene rings is 2. The van der Waals surface area contributed by atoms with E-state index in [2.05, 4.69) is 18.3 Å². The van der Waals surface area contributed by atoms with Crippen LogP contribution in [0.5, 0.6) is 0 Å². The molecule has 6 heteroatoms. The zero-order valence-corrected chi connectivity index (χ0v) is 17.8. The molecule has 0 unspecified atom stereocenters. The molecule has 0 aromatic heterocycles. The second kappa shape index (κ2) is 9.33. The van der Waals surface area contributed by atoms with E-state index in [9.17, 15) is 14.4 Å². The molecule has 0 radical (unpaired) electrons. The van der Waals surface area contributed by atoms with Crippen LogP contribution in [-0.4, -0.2) is 30.9 Å². The number of amides is 2. The third-order valence-corrected chi connectivity index (χ3v) is 6.16. The monoisotopic (exact) mass is 420 g/mol. The van der Waals surface area contributed by atoms with Gasteiger partial charge < -0.3 is 15.0 Å². The topological polar surface area (TPSA) is 75.7 Å². The van der Waals surface area contributed by atoms with Crippen molar-refractivity contribution in [1.82, 2.24) is 5.32 Å². The third kappa shape index (κ3) is 4.79. The highest BCUT2D eigenvalue weighted by atomic mass is 16.5. The largest absolute Gasteiger partial charge is 0.455 e. The van der Waals surface area contributed by atoms with Gasteiger partial charge >= 0.3 is 5.97 Å². The van der Waals surface area contributed by atoms with Crippen LogP contribution < -0.4 is 10.2 Å². The maximum Gasteiger partial charge on any atom is 0.311 e. The maximum atomic E-state index is 12.5. The Balaban J connectivity index is 1.29. The summed E-state index contributed by atoms with van der Waals surface area (Å²) < 4.78 is 5.26. The molecule has 0 bridgehead atoms. The van der Waals surface area contributed by atoms with Crippen LogP contribution in [0.3, 0.4) is 0 Å². The fourth-order valence-corrected chi connectivity index (χ4v) is 4.42. The molecule has 2 aromatic rings. The van der Waals surface area contributed by atoms with Gasteiger partial charge in [-0.05, 0) is 54.5 Å². The summed E-state index contributed by atoms with van der Waals surface area (Å²) in [4.78, 5) is 38.9. The molecule has 2 amide bonds. The van der Waals surface area contributed by atoms with Gasteiger partial charge in [-0.25, -0.2) is 0 Å². The number of fused-ring (bicyclic) bond motifs is 1. The van der Waals surface area contributed by atoms with Crippen LogP contribution in [0, 0.1) is 5.92 Å². The predicted octanol–water partition coefficient (Wildman–Crippen LogP) is 3.34. The standard InChI is InChI=1S/C25H28N2O4/c1-2-17-10-12-20(13-11-17)27-15-19(14-24(27)29)25(30)31-16-23(28)26-22-9-5-7-18-6-3-4-8-21(18)22/h3-4,6,8,10-13,19,22H,2,5,7,9,14-16H2,1H3,(H,26,28)/t19-,22-/m0/s1. The third-order valence-electron chi connectivity index (χ3n) is 6.16. The first-order valence-corrected chi connectivity index (χ1v) is 11.0. The number of anilines is 1. The number of esters is 1. The van der Waals surface area contributed by atoms with Gasteiger partial charge in [0.15, 0.2) is 6.61 Å². The van der Waals surface area contributed by atoms with Crippen molar-refractivity contribution in [3.63, 3.8) is 0 Å². The first kappa shape index (κ1) is 21.1. The number of rotatable bonds is 6. The van der Waals surface area contributed by atoms with Crippen molar-refractivity contribution < 1.29 is 19.1 Å². The Hall–Kier alpha value is -3.15. The van der Waals surface area contributed by atoms with Crippen LogP contribution in [0.1, 0.15) is 48.9 Å². The Bertz CT molecular complexity index is 970. The van der Waals surface area contributed by atoms with E-state index in [1.807, 2.05) is 42.5 Å².